The van der Waals surface area contributed by atoms with E-state index in [2.05, 4.69) is 29.2 Å². The molecule has 0 bridgehead atoms. The maximum atomic E-state index is 12.8. The normalized spacial score (nSPS) is 21.1. The Balaban J connectivity index is 1.45. The molecule has 0 spiro atoms. The van der Waals surface area contributed by atoms with E-state index < -0.39 is 0 Å². The highest BCUT2D eigenvalue weighted by atomic mass is 35.5. The number of carbonyl (C=O) groups is 1. The van der Waals surface area contributed by atoms with Gasteiger partial charge < -0.3 is 0 Å². The summed E-state index contributed by atoms with van der Waals surface area (Å²) in [4.78, 5) is 15.1. The van der Waals surface area contributed by atoms with Gasteiger partial charge in [-0.3, -0.25) is 9.69 Å². The molecule has 0 fully saturated rings. The molecule has 2 nitrogen and oxygen atoms in total. The third-order valence-corrected chi connectivity index (χ3v) is 5.06. The first-order chi connectivity index (χ1) is 11.2. The van der Waals surface area contributed by atoms with Crippen LogP contribution in [-0.4, -0.2) is 23.8 Å². The lowest BCUT2D eigenvalue weighted by atomic mass is 9.93. The minimum absolute atomic E-state index is 0.00357. The third kappa shape index (κ3) is 2.85. The number of rotatable bonds is 3. The van der Waals surface area contributed by atoms with Crippen LogP contribution in [0.1, 0.15) is 23.5 Å². The second kappa shape index (κ2) is 5.95. The summed E-state index contributed by atoms with van der Waals surface area (Å²) < 4.78 is 0. The van der Waals surface area contributed by atoms with Gasteiger partial charge in [-0.25, -0.2) is 0 Å². The molecule has 0 radical (unpaired) electrons. The average Bonchev–Trinajstić information content (AvgIpc) is 3.08. The number of Topliss-reactive ketones (excluding diaryl/α,β-unsaturated/α-hetero) is 1. The van der Waals surface area contributed by atoms with E-state index in [1.54, 1.807) is 0 Å². The molecule has 1 aliphatic carbocycles. The minimum Gasteiger partial charge on any atom is -0.294 e. The van der Waals surface area contributed by atoms with Gasteiger partial charge in [0, 0.05) is 30.2 Å². The van der Waals surface area contributed by atoms with E-state index in [1.807, 2.05) is 30.3 Å². The molecule has 0 amide bonds. The summed E-state index contributed by atoms with van der Waals surface area (Å²) in [5.41, 5.74) is 4.76. The smallest absolute Gasteiger partial charge is 0.167 e. The Morgan fingerprint density at radius 1 is 1.00 bits per heavy atom. The van der Waals surface area contributed by atoms with Gasteiger partial charge >= 0.3 is 0 Å². The second-order valence-electron chi connectivity index (χ2n) is 6.39. The molecule has 0 saturated carbocycles. The molecule has 2 aromatic rings. The Labute approximate surface area is 141 Å². The SMILES string of the molecule is O=C1C2=C(CC1c1ccc(Cl)cc1)CN(Cc1ccccc1)C2. The van der Waals surface area contributed by atoms with Gasteiger partial charge in [0.05, 0.1) is 5.92 Å². The van der Waals surface area contributed by atoms with Crippen LogP contribution in [0.25, 0.3) is 0 Å². The molecule has 3 heteroatoms. The van der Waals surface area contributed by atoms with Crippen molar-refractivity contribution in [2.45, 2.75) is 18.9 Å². The van der Waals surface area contributed by atoms with Crippen molar-refractivity contribution in [2.75, 3.05) is 13.1 Å². The molecular formula is C20H18ClNO. The molecule has 0 aromatic heterocycles. The largest absolute Gasteiger partial charge is 0.294 e. The number of halogens is 1. The Morgan fingerprint density at radius 3 is 2.43 bits per heavy atom. The van der Waals surface area contributed by atoms with Gasteiger partial charge in [-0.2, -0.15) is 0 Å². The zero-order valence-electron chi connectivity index (χ0n) is 12.8. The van der Waals surface area contributed by atoms with E-state index in [0.29, 0.717) is 10.8 Å². The van der Waals surface area contributed by atoms with Gasteiger partial charge in [0.2, 0.25) is 0 Å². The molecule has 4 rings (SSSR count). The van der Waals surface area contributed by atoms with Crippen molar-refractivity contribution in [1.82, 2.24) is 4.90 Å². The predicted octanol–water partition coefficient (Wildman–Crippen LogP) is 4.21. The van der Waals surface area contributed by atoms with Crippen LogP contribution in [-0.2, 0) is 11.3 Å². The number of nitrogens with zero attached hydrogens (tertiary/aromatic N) is 1. The summed E-state index contributed by atoms with van der Waals surface area (Å²) in [6.07, 6.45) is 0.862. The molecule has 116 valence electrons. The predicted molar refractivity (Wildman–Crippen MR) is 92.6 cm³/mol. The maximum Gasteiger partial charge on any atom is 0.167 e. The highest BCUT2D eigenvalue weighted by Gasteiger charge is 2.38. The van der Waals surface area contributed by atoms with Gasteiger partial charge in [-0.05, 0) is 35.3 Å². The summed E-state index contributed by atoms with van der Waals surface area (Å²) in [5, 5.41) is 0.716. The fraction of sp³-hybridized carbons (Fsp3) is 0.250. The van der Waals surface area contributed by atoms with Crippen molar-refractivity contribution in [2.24, 2.45) is 0 Å². The fourth-order valence-electron chi connectivity index (χ4n) is 3.66. The standard InChI is InChI=1S/C20H18ClNO/c21-17-8-6-15(7-9-17)18-10-16-12-22(13-19(16)20(18)23)11-14-4-2-1-3-5-14/h1-9,18H,10-13H2. The molecule has 1 heterocycles. The van der Waals surface area contributed by atoms with Gasteiger partial charge in [-0.15, -0.1) is 0 Å². The van der Waals surface area contributed by atoms with Crippen LogP contribution in [0.3, 0.4) is 0 Å². The van der Waals surface area contributed by atoms with Crippen LogP contribution in [0.4, 0.5) is 0 Å². The van der Waals surface area contributed by atoms with E-state index in [1.165, 1.54) is 11.1 Å². The summed E-state index contributed by atoms with van der Waals surface area (Å²) in [7, 11) is 0. The van der Waals surface area contributed by atoms with Crippen molar-refractivity contribution < 1.29 is 4.79 Å². The van der Waals surface area contributed by atoms with Crippen LogP contribution in [0.2, 0.25) is 5.02 Å². The van der Waals surface area contributed by atoms with Crippen LogP contribution in [0, 0.1) is 0 Å². The summed E-state index contributed by atoms with van der Waals surface area (Å²) in [6.45, 7) is 2.61. The minimum atomic E-state index is -0.00357. The number of ketones is 1. The lowest BCUT2D eigenvalue weighted by molar-refractivity contribution is -0.116. The molecule has 1 unspecified atom stereocenters. The number of hydrogen-bond donors (Lipinski definition) is 0. The highest BCUT2D eigenvalue weighted by molar-refractivity contribution is 6.30. The second-order valence-corrected chi connectivity index (χ2v) is 6.82. The van der Waals surface area contributed by atoms with Crippen molar-refractivity contribution in [3.63, 3.8) is 0 Å². The van der Waals surface area contributed by atoms with Crippen molar-refractivity contribution in [3.05, 3.63) is 81.9 Å². The van der Waals surface area contributed by atoms with Crippen LogP contribution >= 0.6 is 11.6 Å². The van der Waals surface area contributed by atoms with Crippen molar-refractivity contribution in [1.29, 1.82) is 0 Å². The monoisotopic (exact) mass is 323 g/mol. The molecule has 0 N–H and O–H groups in total. The molecule has 1 aliphatic heterocycles. The van der Waals surface area contributed by atoms with Gasteiger partial charge in [0.25, 0.3) is 0 Å². The summed E-state index contributed by atoms with van der Waals surface area (Å²) in [6, 6.07) is 18.1. The van der Waals surface area contributed by atoms with Crippen molar-refractivity contribution in [3.8, 4) is 0 Å². The lowest BCUT2D eigenvalue weighted by Gasteiger charge is -2.20. The number of carbonyl (C=O) groups excluding carboxylic acids is 1. The topological polar surface area (TPSA) is 20.3 Å². The molecule has 2 aliphatic rings. The molecular weight excluding hydrogens is 306 g/mol. The van der Waals surface area contributed by atoms with Gasteiger partial charge in [0.15, 0.2) is 5.78 Å². The summed E-state index contributed by atoms with van der Waals surface area (Å²) in [5.74, 6) is 0.300. The quantitative estimate of drug-likeness (QED) is 0.843. The van der Waals surface area contributed by atoms with Crippen LogP contribution in [0.15, 0.2) is 65.7 Å². The van der Waals surface area contributed by atoms with E-state index in [4.69, 9.17) is 11.6 Å². The average molecular weight is 324 g/mol. The first kappa shape index (κ1) is 14.7. The van der Waals surface area contributed by atoms with Crippen molar-refractivity contribution >= 4 is 17.4 Å². The van der Waals surface area contributed by atoms with E-state index in [0.717, 1.165) is 37.2 Å². The zero-order valence-corrected chi connectivity index (χ0v) is 13.6. The molecule has 1 atom stereocenters. The Hall–Kier alpha value is -1.90. The van der Waals surface area contributed by atoms with Crippen LogP contribution < -0.4 is 0 Å². The van der Waals surface area contributed by atoms with Gasteiger partial charge in [0.1, 0.15) is 0 Å². The van der Waals surface area contributed by atoms with Crippen LogP contribution in [0.5, 0.6) is 0 Å². The van der Waals surface area contributed by atoms with Gasteiger partial charge in [-0.1, -0.05) is 54.1 Å². The maximum absolute atomic E-state index is 12.8. The first-order valence-electron chi connectivity index (χ1n) is 7.97. The number of benzene rings is 2. The molecule has 2 aromatic carbocycles. The third-order valence-electron chi connectivity index (χ3n) is 4.81. The Kier molecular flexibility index (Phi) is 3.80. The Morgan fingerprint density at radius 2 is 1.74 bits per heavy atom. The van der Waals surface area contributed by atoms with E-state index in [9.17, 15) is 4.79 Å². The van der Waals surface area contributed by atoms with E-state index >= 15 is 0 Å². The van der Waals surface area contributed by atoms with E-state index in [-0.39, 0.29) is 5.92 Å². The first-order valence-corrected chi connectivity index (χ1v) is 8.35. The lowest BCUT2D eigenvalue weighted by Crippen LogP contribution is -2.25. The fourth-order valence-corrected chi connectivity index (χ4v) is 3.79. The summed E-state index contributed by atoms with van der Waals surface area (Å²) >= 11 is 5.94. The number of hydrogen-bond acceptors (Lipinski definition) is 2. The Bertz CT molecular complexity index is 764. The molecule has 0 saturated heterocycles. The number of likely N-dealkylation sites (tertiary alicyclic amines) is 1. The highest BCUT2D eigenvalue weighted by Crippen LogP contribution is 2.40. The molecule has 23 heavy (non-hydrogen) atoms. The zero-order chi connectivity index (χ0) is 15.8.